The van der Waals surface area contributed by atoms with Gasteiger partial charge in [-0.05, 0) is 56.2 Å². The van der Waals surface area contributed by atoms with E-state index in [1.54, 1.807) is 4.90 Å². The second-order valence-electron chi connectivity index (χ2n) is 8.76. The number of carbonyl (C=O) groups excluding carboxylic acids is 2. The van der Waals surface area contributed by atoms with E-state index in [-0.39, 0.29) is 18.1 Å². The van der Waals surface area contributed by atoms with Crippen LogP contribution in [0.25, 0.3) is 0 Å². The summed E-state index contributed by atoms with van der Waals surface area (Å²) in [6.45, 7) is 3.45. The second kappa shape index (κ2) is 7.87. The van der Waals surface area contributed by atoms with Crippen LogP contribution in [-0.4, -0.2) is 53.1 Å². The van der Waals surface area contributed by atoms with E-state index in [1.807, 2.05) is 0 Å². The summed E-state index contributed by atoms with van der Waals surface area (Å²) in [5, 5.41) is 0. The fourth-order valence-corrected chi connectivity index (χ4v) is 5.11. The van der Waals surface area contributed by atoms with Crippen LogP contribution in [0.5, 0.6) is 0 Å². The van der Waals surface area contributed by atoms with Gasteiger partial charge in [-0.25, -0.2) is 0 Å². The summed E-state index contributed by atoms with van der Waals surface area (Å²) in [4.78, 5) is 30.0. The first-order chi connectivity index (χ1) is 14.2. The van der Waals surface area contributed by atoms with Crippen molar-refractivity contribution in [2.75, 3.05) is 19.7 Å². The molecule has 5 nitrogen and oxygen atoms in total. The van der Waals surface area contributed by atoms with Gasteiger partial charge < -0.3 is 9.64 Å². The van der Waals surface area contributed by atoms with Crippen molar-refractivity contribution in [2.24, 2.45) is 5.92 Å². The standard InChI is InChI=1S/C22H27F3N2O3/c1-15-6-5-9-21(13-15)27(18(14-30-21)20(29)26-10-2-3-11-26)19(28)16-7-4-8-17(12-16)22(23,24)25/h4,7-8,12,15,18H,2-3,5-6,9-11,13-14H2,1H3/t15-,18+,21+/m1/s1. The normalized spacial score (nSPS) is 29.6. The fraction of sp³-hybridized carbons (Fsp3) is 0.636. The van der Waals surface area contributed by atoms with Crippen molar-refractivity contribution in [3.05, 3.63) is 35.4 Å². The molecule has 1 aromatic rings. The Morgan fingerprint density at radius 3 is 2.57 bits per heavy atom. The smallest absolute Gasteiger partial charge is 0.353 e. The van der Waals surface area contributed by atoms with Gasteiger partial charge in [-0.2, -0.15) is 13.2 Å². The number of nitrogens with zero attached hydrogens (tertiary/aromatic N) is 2. The van der Waals surface area contributed by atoms with Gasteiger partial charge in [-0.15, -0.1) is 0 Å². The molecule has 1 aromatic carbocycles. The molecule has 4 rings (SSSR count). The van der Waals surface area contributed by atoms with Crippen molar-refractivity contribution in [1.82, 2.24) is 9.80 Å². The predicted molar refractivity (Wildman–Crippen MR) is 104 cm³/mol. The second-order valence-corrected chi connectivity index (χ2v) is 8.76. The highest BCUT2D eigenvalue weighted by Crippen LogP contribution is 2.44. The molecular formula is C22H27F3N2O3. The quantitative estimate of drug-likeness (QED) is 0.719. The lowest BCUT2D eigenvalue weighted by molar-refractivity contribution is -0.138. The van der Waals surface area contributed by atoms with Gasteiger partial charge in [-0.1, -0.05) is 19.4 Å². The first-order valence-electron chi connectivity index (χ1n) is 10.6. The molecule has 2 amide bonds. The van der Waals surface area contributed by atoms with Crippen LogP contribution < -0.4 is 0 Å². The molecule has 1 aliphatic carbocycles. The molecule has 1 saturated carbocycles. The van der Waals surface area contributed by atoms with Crippen molar-refractivity contribution >= 4 is 11.8 Å². The Bertz CT molecular complexity index is 822. The molecule has 0 unspecified atom stereocenters. The maximum atomic E-state index is 13.5. The minimum Gasteiger partial charge on any atom is -0.353 e. The van der Waals surface area contributed by atoms with Crippen molar-refractivity contribution in [1.29, 1.82) is 0 Å². The van der Waals surface area contributed by atoms with Crippen LogP contribution in [0.15, 0.2) is 24.3 Å². The maximum absolute atomic E-state index is 13.5. The number of alkyl halides is 3. The van der Waals surface area contributed by atoms with Crippen molar-refractivity contribution < 1.29 is 27.5 Å². The molecule has 8 heteroatoms. The maximum Gasteiger partial charge on any atom is 0.416 e. The van der Waals surface area contributed by atoms with E-state index in [0.717, 1.165) is 37.8 Å². The Labute approximate surface area is 174 Å². The summed E-state index contributed by atoms with van der Waals surface area (Å²) in [5.41, 5.74) is -1.86. The van der Waals surface area contributed by atoms with Crippen LogP contribution in [0.2, 0.25) is 0 Å². The summed E-state index contributed by atoms with van der Waals surface area (Å²) < 4.78 is 45.8. The Kier molecular flexibility index (Phi) is 5.55. The summed E-state index contributed by atoms with van der Waals surface area (Å²) in [6.07, 6.45) is 0.318. The van der Waals surface area contributed by atoms with Crippen LogP contribution in [0.1, 0.15) is 61.4 Å². The van der Waals surface area contributed by atoms with Gasteiger partial charge in [0.2, 0.25) is 5.91 Å². The minimum atomic E-state index is -4.54. The summed E-state index contributed by atoms with van der Waals surface area (Å²) in [5.74, 6) is -0.427. The van der Waals surface area contributed by atoms with Gasteiger partial charge in [0.1, 0.15) is 11.8 Å². The molecule has 2 aliphatic heterocycles. The summed E-state index contributed by atoms with van der Waals surface area (Å²) in [6, 6.07) is 3.64. The molecule has 3 aliphatic rings. The number of likely N-dealkylation sites (tertiary alicyclic amines) is 1. The average Bonchev–Trinajstić information content (AvgIpc) is 3.35. The van der Waals surface area contributed by atoms with Gasteiger partial charge in [0.15, 0.2) is 0 Å². The third-order valence-electron chi connectivity index (χ3n) is 6.55. The highest BCUT2D eigenvalue weighted by molar-refractivity contribution is 5.98. The molecule has 0 aromatic heterocycles. The topological polar surface area (TPSA) is 49.9 Å². The Morgan fingerprint density at radius 2 is 1.90 bits per heavy atom. The first-order valence-corrected chi connectivity index (χ1v) is 10.6. The predicted octanol–water partition coefficient (Wildman–Crippen LogP) is 4.08. The number of benzene rings is 1. The Balaban J connectivity index is 1.70. The van der Waals surface area contributed by atoms with Crippen LogP contribution in [0, 0.1) is 5.92 Å². The lowest BCUT2D eigenvalue weighted by Gasteiger charge is -2.43. The molecule has 2 saturated heterocycles. The van der Waals surface area contributed by atoms with E-state index in [0.29, 0.717) is 31.8 Å². The molecule has 30 heavy (non-hydrogen) atoms. The molecule has 164 valence electrons. The number of carbonyl (C=O) groups is 2. The van der Waals surface area contributed by atoms with Gasteiger partial charge in [0, 0.05) is 18.7 Å². The van der Waals surface area contributed by atoms with E-state index >= 15 is 0 Å². The van der Waals surface area contributed by atoms with E-state index in [2.05, 4.69) is 6.92 Å². The van der Waals surface area contributed by atoms with Gasteiger partial charge >= 0.3 is 6.18 Å². The first kappa shape index (κ1) is 21.2. The molecule has 2 heterocycles. The fourth-order valence-electron chi connectivity index (χ4n) is 5.11. The molecule has 0 bridgehead atoms. The lowest BCUT2D eigenvalue weighted by atomic mass is 9.83. The third-order valence-corrected chi connectivity index (χ3v) is 6.55. The summed E-state index contributed by atoms with van der Waals surface area (Å²) >= 11 is 0. The van der Waals surface area contributed by atoms with Gasteiger partial charge in [0.25, 0.3) is 5.91 Å². The number of hydrogen-bond acceptors (Lipinski definition) is 3. The van der Waals surface area contributed by atoms with Crippen LogP contribution in [-0.2, 0) is 15.7 Å². The van der Waals surface area contributed by atoms with Gasteiger partial charge in [-0.3, -0.25) is 14.5 Å². The monoisotopic (exact) mass is 424 g/mol. The molecule has 3 atom stereocenters. The van der Waals surface area contributed by atoms with Crippen molar-refractivity contribution in [3.63, 3.8) is 0 Å². The highest BCUT2D eigenvalue weighted by Gasteiger charge is 2.54. The lowest BCUT2D eigenvalue weighted by Crippen LogP contribution is -2.57. The average molecular weight is 424 g/mol. The van der Waals surface area contributed by atoms with Crippen molar-refractivity contribution in [3.8, 4) is 0 Å². The number of rotatable bonds is 2. The zero-order valence-electron chi connectivity index (χ0n) is 17.1. The van der Waals surface area contributed by atoms with Crippen LogP contribution in [0.4, 0.5) is 13.2 Å². The number of amides is 2. The molecule has 1 spiro atoms. The van der Waals surface area contributed by atoms with Gasteiger partial charge in [0.05, 0.1) is 12.2 Å². The Morgan fingerprint density at radius 1 is 1.17 bits per heavy atom. The number of halogens is 3. The zero-order chi connectivity index (χ0) is 21.5. The third kappa shape index (κ3) is 3.82. The number of ether oxygens (including phenoxy) is 1. The van der Waals surface area contributed by atoms with E-state index in [4.69, 9.17) is 4.74 Å². The molecular weight excluding hydrogens is 397 g/mol. The molecule has 0 radical (unpaired) electrons. The summed E-state index contributed by atoms with van der Waals surface area (Å²) in [7, 11) is 0. The SMILES string of the molecule is C[C@@H]1CCC[C@@]2(C1)OC[C@@H](C(=O)N1CCCC1)N2C(=O)c1cccc(C(F)(F)F)c1. The molecule has 3 fully saturated rings. The van der Waals surface area contributed by atoms with Crippen LogP contribution in [0.3, 0.4) is 0 Å². The molecule has 0 N–H and O–H groups in total. The van der Waals surface area contributed by atoms with E-state index < -0.39 is 29.4 Å². The van der Waals surface area contributed by atoms with E-state index in [1.165, 1.54) is 17.0 Å². The van der Waals surface area contributed by atoms with Crippen molar-refractivity contribution in [2.45, 2.75) is 63.4 Å². The zero-order valence-corrected chi connectivity index (χ0v) is 17.1. The van der Waals surface area contributed by atoms with Crippen LogP contribution >= 0.6 is 0 Å². The highest BCUT2D eigenvalue weighted by atomic mass is 19.4. The van der Waals surface area contributed by atoms with E-state index in [9.17, 15) is 22.8 Å². The number of hydrogen-bond donors (Lipinski definition) is 0. The minimum absolute atomic E-state index is 0.0628. The Hall–Kier alpha value is -2.09. The largest absolute Gasteiger partial charge is 0.416 e.